The molecule has 0 saturated heterocycles. The van der Waals surface area contributed by atoms with Crippen LogP contribution >= 0.6 is 11.3 Å². The molecule has 0 aliphatic rings. The average Bonchev–Trinajstić information content (AvgIpc) is 2.93. The van der Waals surface area contributed by atoms with Crippen molar-refractivity contribution in [1.82, 2.24) is 19.9 Å². The van der Waals surface area contributed by atoms with Crippen molar-refractivity contribution in [2.75, 3.05) is 14.2 Å². The molecule has 0 unspecified atom stereocenters. The van der Waals surface area contributed by atoms with Gasteiger partial charge in [0.1, 0.15) is 16.9 Å². The lowest BCUT2D eigenvalue weighted by Crippen LogP contribution is -2.22. The topological polar surface area (TPSA) is 71.1 Å². The maximum atomic E-state index is 11.6. The number of hydrogen-bond donors (Lipinski definition) is 1. The lowest BCUT2D eigenvalue weighted by molar-refractivity contribution is 0.119. The second-order valence-corrected chi connectivity index (χ2v) is 6.15. The Morgan fingerprint density at radius 3 is 2.82 bits per heavy atom. The molecule has 0 spiro atoms. The summed E-state index contributed by atoms with van der Waals surface area (Å²) < 4.78 is 5.27. The van der Waals surface area contributed by atoms with E-state index in [2.05, 4.69) is 19.9 Å². The zero-order valence-corrected chi connectivity index (χ0v) is 14.2. The molecule has 6 nitrogen and oxygen atoms in total. The fraction of sp³-hybridized carbons (Fsp3) is 0.533. The minimum absolute atomic E-state index is 0.0170. The molecule has 2 aromatic heterocycles. The zero-order valence-electron chi connectivity index (χ0n) is 13.4. The van der Waals surface area contributed by atoms with E-state index in [0.29, 0.717) is 18.9 Å². The average molecular weight is 322 g/mol. The van der Waals surface area contributed by atoms with E-state index in [1.54, 1.807) is 24.5 Å². The van der Waals surface area contributed by atoms with Crippen LogP contribution in [0.2, 0.25) is 0 Å². The summed E-state index contributed by atoms with van der Waals surface area (Å²) in [4.78, 5) is 25.5. The van der Waals surface area contributed by atoms with Crippen LogP contribution in [0.15, 0.2) is 16.2 Å². The highest BCUT2D eigenvalue weighted by Crippen LogP contribution is 2.21. The highest BCUT2D eigenvalue weighted by Gasteiger charge is 2.11. The predicted octanol–water partition coefficient (Wildman–Crippen LogP) is 2.13. The Balaban J connectivity index is 2.01. The number of hydrogen-bond acceptors (Lipinski definition) is 6. The van der Waals surface area contributed by atoms with E-state index < -0.39 is 0 Å². The summed E-state index contributed by atoms with van der Waals surface area (Å²) in [5.74, 6) is 0.688. The Labute approximate surface area is 134 Å². The van der Waals surface area contributed by atoms with E-state index in [-0.39, 0.29) is 11.7 Å². The Hall–Kier alpha value is -1.57. The van der Waals surface area contributed by atoms with Gasteiger partial charge in [0.05, 0.1) is 12.2 Å². The highest BCUT2D eigenvalue weighted by atomic mass is 32.1. The number of thiazole rings is 1. The molecule has 0 aliphatic carbocycles. The van der Waals surface area contributed by atoms with E-state index in [1.807, 2.05) is 26.3 Å². The molecule has 1 N–H and O–H groups in total. The molecule has 120 valence electrons. The Kier molecular flexibility index (Phi) is 5.82. The molecule has 1 atom stereocenters. The molecule has 22 heavy (non-hydrogen) atoms. The first-order chi connectivity index (χ1) is 10.5. The molecular formula is C15H22N4O2S. The van der Waals surface area contributed by atoms with Crippen LogP contribution in [0.25, 0.3) is 0 Å². The lowest BCUT2D eigenvalue weighted by atomic mass is 10.3. The van der Waals surface area contributed by atoms with Crippen molar-refractivity contribution < 1.29 is 4.74 Å². The number of aromatic amines is 1. The molecule has 0 amide bonds. The van der Waals surface area contributed by atoms with Gasteiger partial charge in [0.2, 0.25) is 0 Å². The van der Waals surface area contributed by atoms with Gasteiger partial charge in [0, 0.05) is 30.8 Å². The van der Waals surface area contributed by atoms with Gasteiger partial charge in [-0.15, -0.1) is 11.3 Å². The molecule has 0 bridgehead atoms. The first kappa shape index (κ1) is 16.8. The van der Waals surface area contributed by atoms with Gasteiger partial charge in [-0.25, -0.2) is 9.97 Å². The molecule has 2 aromatic rings. The first-order valence-electron chi connectivity index (χ1n) is 7.26. The van der Waals surface area contributed by atoms with Crippen LogP contribution in [-0.2, 0) is 24.2 Å². The predicted molar refractivity (Wildman–Crippen MR) is 86.9 cm³/mol. The minimum atomic E-state index is -0.0971. The number of aryl methyl sites for hydroxylation is 1. The van der Waals surface area contributed by atoms with Gasteiger partial charge in [-0.1, -0.05) is 6.92 Å². The molecule has 0 aromatic carbocycles. The fourth-order valence-corrected chi connectivity index (χ4v) is 2.93. The molecule has 0 aliphatic heterocycles. The molecule has 0 fully saturated rings. The van der Waals surface area contributed by atoms with Crippen molar-refractivity contribution in [3.8, 4) is 0 Å². The number of methoxy groups -OCH3 is 1. The van der Waals surface area contributed by atoms with Gasteiger partial charge >= 0.3 is 0 Å². The summed E-state index contributed by atoms with van der Waals surface area (Å²) >= 11 is 1.60. The van der Waals surface area contributed by atoms with Gasteiger partial charge in [0.25, 0.3) is 5.56 Å². The standard InChI is InChI=1S/C15H22N4O2S/c1-5-11-6-14(20)18-13(16-11)8-19(3)7-12-9-22-15(17-12)10(2)21-4/h6,9-10H,5,7-8H2,1-4H3,(H,16,18,20)/t10-/m1/s1. The fourth-order valence-electron chi connectivity index (χ4n) is 2.09. The molecule has 0 saturated carbocycles. The number of H-pyrrole nitrogens is 1. The number of nitrogens with one attached hydrogen (secondary N) is 1. The summed E-state index contributed by atoms with van der Waals surface area (Å²) in [5.41, 5.74) is 1.72. The molecule has 0 radical (unpaired) electrons. The van der Waals surface area contributed by atoms with Gasteiger partial charge in [0.15, 0.2) is 0 Å². The van der Waals surface area contributed by atoms with E-state index in [9.17, 15) is 4.79 Å². The van der Waals surface area contributed by atoms with Crippen LogP contribution in [0, 0.1) is 0 Å². The summed E-state index contributed by atoms with van der Waals surface area (Å²) in [6.07, 6.45) is 0.772. The summed E-state index contributed by atoms with van der Waals surface area (Å²) in [5, 5.41) is 3.02. The van der Waals surface area contributed by atoms with Crippen LogP contribution in [0.5, 0.6) is 0 Å². The summed E-state index contributed by atoms with van der Waals surface area (Å²) in [7, 11) is 3.66. The largest absolute Gasteiger partial charge is 0.375 e. The van der Waals surface area contributed by atoms with E-state index >= 15 is 0 Å². The monoisotopic (exact) mass is 322 g/mol. The van der Waals surface area contributed by atoms with Crippen LogP contribution in [0.3, 0.4) is 0 Å². The number of rotatable bonds is 7. The maximum Gasteiger partial charge on any atom is 0.251 e. The third kappa shape index (κ3) is 4.46. The second kappa shape index (κ2) is 7.62. The van der Waals surface area contributed by atoms with Crippen molar-refractivity contribution in [3.63, 3.8) is 0 Å². The molecule has 7 heteroatoms. The zero-order chi connectivity index (χ0) is 16.1. The van der Waals surface area contributed by atoms with E-state index in [0.717, 1.165) is 22.8 Å². The lowest BCUT2D eigenvalue weighted by Gasteiger charge is -2.14. The third-order valence-electron chi connectivity index (χ3n) is 3.33. The van der Waals surface area contributed by atoms with Crippen LogP contribution in [-0.4, -0.2) is 34.0 Å². The molecule has 2 rings (SSSR count). The van der Waals surface area contributed by atoms with Gasteiger partial charge in [-0.05, 0) is 20.4 Å². The van der Waals surface area contributed by atoms with Gasteiger partial charge < -0.3 is 9.72 Å². The van der Waals surface area contributed by atoms with Crippen LogP contribution in [0.4, 0.5) is 0 Å². The van der Waals surface area contributed by atoms with Crippen molar-refractivity contribution in [2.45, 2.75) is 39.5 Å². The van der Waals surface area contributed by atoms with Crippen molar-refractivity contribution >= 4 is 11.3 Å². The number of aromatic nitrogens is 3. The minimum Gasteiger partial charge on any atom is -0.375 e. The number of ether oxygens (including phenoxy) is 1. The van der Waals surface area contributed by atoms with Crippen LogP contribution < -0.4 is 5.56 Å². The molecule has 2 heterocycles. The number of nitrogens with zero attached hydrogens (tertiary/aromatic N) is 3. The highest BCUT2D eigenvalue weighted by molar-refractivity contribution is 7.09. The Bertz CT molecular complexity index is 668. The third-order valence-corrected chi connectivity index (χ3v) is 4.38. The SMILES string of the molecule is CCc1cc(=O)[nH]c(CN(C)Cc2csc([C@@H](C)OC)n2)n1. The smallest absolute Gasteiger partial charge is 0.251 e. The normalized spacial score (nSPS) is 12.8. The quantitative estimate of drug-likeness (QED) is 0.845. The van der Waals surface area contributed by atoms with Crippen molar-refractivity contribution in [3.05, 3.63) is 44.0 Å². The first-order valence-corrected chi connectivity index (χ1v) is 8.14. The molecular weight excluding hydrogens is 300 g/mol. The van der Waals surface area contributed by atoms with Gasteiger partial charge in [-0.2, -0.15) is 0 Å². The Morgan fingerprint density at radius 2 is 2.14 bits per heavy atom. The van der Waals surface area contributed by atoms with Crippen molar-refractivity contribution in [1.29, 1.82) is 0 Å². The van der Waals surface area contributed by atoms with E-state index in [1.165, 1.54) is 0 Å². The Morgan fingerprint density at radius 1 is 1.36 bits per heavy atom. The van der Waals surface area contributed by atoms with E-state index in [4.69, 9.17) is 4.74 Å². The summed E-state index contributed by atoms with van der Waals surface area (Å²) in [6.45, 7) is 5.25. The maximum absolute atomic E-state index is 11.6. The second-order valence-electron chi connectivity index (χ2n) is 5.26. The van der Waals surface area contributed by atoms with Crippen molar-refractivity contribution in [2.24, 2.45) is 0 Å². The summed E-state index contributed by atoms with van der Waals surface area (Å²) in [6, 6.07) is 1.54. The van der Waals surface area contributed by atoms with Crippen LogP contribution in [0.1, 0.15) is 42.2 Å². The van der Waals surface area contributed by atoms with Gasteiger partial charge in [-0.3, -0.25) is 9.69 Å².